The lowest BCUT2D eigenvalue weighted by Crippen LogP contribution is -2.04. The SMILES string of the molecule is CCOc1cccc(C(O)C2C3CCCC32)c1. The molecule has 0 saturated heterocycles. The Bertz CT molecular complexity index is 392. The monoisotopic (exact) mass is 232 g/mol. The van der Waals surface area contributed by atoms with Gasteiger partial charge < -0.3 is 9.84 Å². The van der Waals surface area contributed by atoms with Crippen LogP contribution in [0.3, 0.4) is 0 Å². The molecule has 2 aliphatic carbocycles. The summed E-state index contributed by atoms with van der Waals surface area (Å²) in [6.45, 7) is 2.66. The normalized spacial score (nSPS) is 32.0. The van der Waals surface area contributed by atoms with Gasteiger partial charge in [-0.25, -0.2) is 0 Å². The van der Waals surface area contributed by atoms with Gasteiger partial charge in [0.15, 0.2) is 0 Å². The molecular weight excluding hydrogens is 212 g/mol. The Kier molecular flexibility index (Phi) is 2.83. The molecule has 3 atom stereocenters. The van der Waals surface area contributed by atoms with Crippen molar-refractivity contribution in [2.45, 2.75) is 32.3 Å². The summed E-state index contributed by atoms with van der Waals surface area (Å²) >= 11 is 0. The van der Waals surface area contributed by atoms with Crippen molar-refractivity contribution in [2.24, 2.45) is 17.8 Å². The minimum Gasteiger partial charge on any atom is -0.494 e. The largest absolute Gasteiger partial charge is 0.494 e. The zero-order chi connectivity index (χ0) is 11.8. The highest BCUT2D eigenvalue weighted by Crippen LogP contribution is 2.62. The number of aliphatic hydroxyl groups is 1. The maximum Gasteiger partial charge on any atom is 0.119 e. The van der Waals surface area contributed by atoms with Crippen LogP contribution in [0.4, 0.5) is 0 Å². The number of benzene rings is 1. The lowest BCUT2D eigenvalue weighted by atomic mass is 9.99. The Morgan fingerprint density at radius 2 is 2.12 bits per heavy atom. The molecule has 0 spiro atoms. The third kappa shape index (κ3) is 1.95. The molecule has 0 bridgehead atoms. The minimum absolute atomic E-state index is 0.286. The van der Waals surface area contributed by atoms with E-state index < -0.39 is 0 Å². The maximum atomic E-state index is 10.4. The third-order valence-electron chi connectivity index (χ3n) is 4.35. The third-order valence-corrected chi connectivity index (χ3v) is 4.35. The van der Waals surface area contributed by atoms with Gasteiger partial charge in [0.25, 0.3) is 0 Å². The highest BCUT2D eigenvalue weighted by atomic mass is 16.5. The van der Waals surface area contributed by atoms with E-state index in [-0.39, 0.29) is 6.10 Å². The number of rotatable bonds is 4. The summed E-state index contributed by atoms with van der Waals surface area (Å²) in [6.07, 6.45) is 3.71. The van der Waals surface area contributed by atoms with E-state index in [1.165, 1.54) is 19.3 Å². The van der Waals surface area contributed by atoms with Gasteiger partial charge in [-0.3, -0.25) is 0 Å². The zero-order valence-corrected chi connectivity index (χ0v) is 10.3. The van der Waals surface area contributed by atoms with Crippen molar-refractivity contribution >= 4 is 0 Å². The first-order valence-electron chi connectivity index (χ1n) is 6.72. The molecule has 3 rings (SSSR count). The molecule has 17 heavy (non-hydrogen) atoms. The van der Waals surface area contributed by atoms with Crippen LogP contribution in [0.2, 0.25) is 0 Å². The second-order valence-corrected chi connectivity index (χ2v) is 5.29. The molecule has 2 saturated carbocycles. The van der Waals surface area contributed by atoms with Crippen LogP contribution in [0.5, 0.6) is 5.75 Å². The molecule has 0 heterocycles. The van der Waals surface area contributed by atoms with Gasteiger partial charge in [-0.1, -0.05) is 18.6 Å². The Morgan fingerprint density at radius 3 is 2.82 bits per heavy atom. The summed E-state index contributed by atoms with van der Waals surface area (Å²) in [6, 6.07) is 7.93. The van der Waals surface area contributed by atoms with Crippen LogP contribution in [0.15, 0.2) is 24.3 Å². The molecule has 2 fully saturated rings. The van der Waals surface area contributed by atoms with Crippen molar-refractivity contribution < 1.29 is 9.84 Å². The quantitative estimate of drug-likeness (QED) is 0.864. The summed E-state index contributed by atoms with van der Waals surface area (Å²) in [7, 11) is 0. The number of hydrogen-bond acceptors (Lipinski definition) is 2. The first-order valence-corrected chi connectivity index (χ1v) is 6.72. The maximum absolute atomic E-state index is 10.4. The number of aliphatic hydroxyl groups excluding tert-OH is 1. The van der Waals surface area contributed by atoms with Crippen LogP contribution >= 0.6 is 0 Å². The Balaban J connectivity index is 1.73. The second-order valence-electron chi connectivity index (χ2n) is 5.29. The topological polar surface area (TPSA) is 29.5 Å². The van der Waals surface area contributed by atoms with Crippen LogP contribution in [0.25, 0.3) is 0 Å². The summed E-state index contributed by atoms with van der Waals surface area (Å²) in [4.78, 5) is 0. The van der Waals surface area contributed by atoms with Gasteiger partial charge in [0, 0.05) is 0 Å². The van der Waals surface area contributed by atoms with Gasteiger partial charge in [-0.15, -0.1) is 0 Å². The lowest BCUT2D eigenvalue weighted by molar-refractivity contribution is 0.136. The molecule has 0 aliphatic heterocycles. The van der Waals surface area contributed by atoms with E-state index in [0.29, 0.717) is 12.5 Å². The average molecular weight is 232 g/mol. The molecule has 2 nitrogen and oxygen atoms in total. The zero-order valence-electron chi connectivity index (χ0n) is 10.3. The van der Waals surface area contributed by atoms with Crippen molar-refractivity contribution in [3.63, 3.8) is 0 Å². The molecule has 0 amide bonds. The molecule has 1 aromatic rings. The van der Waals surface area contributed by atoms with Crippen LogP contribution in [-0.2, 0) is 0 Å². The van der Waals surface area contributed by atoms with E-state index in [1.54, 1.807) is 0 Å². The molecule has 1 aromatic carbocycles. The average Bonchev–Trinajstić information content (AvgIpc) is 2.82. The van der Waals surface area contributed by atoms with Crippen molar-refractivity contribution in [1.82, 2.24) is 0 Å². The summed E-state index contributed by atoms with van der Waals surface area (Å²) < 4.78 is 5.48. The molecule has 2 aliphatic rings. The van der Waals surface area contributed by atoms with Crippen molar-refractivity contribution in [3.8, 4) is 5.75 Å². The molecule has 1 N–H and O–H groups in total. The number of ether oxygens (including phenoxy) is 1. The van der Waals surface area contributed by atoms with E-state index in [9.17, 15) is 5.11 Å². The Hall–Kier alpha value is -1.02. The molecule has 92 valence electrons. The molecule has 0 radical (unpaired) electrons. The minimum atomic E-state index is -0.286. The van der Waals surface area contributed by atoms with Crippen molar-refractivity contribution in [3.05, 3.63) is 29.8 Å². The first-order chi connectivity index (χ1) is 8.31. The van der Waals surface area contributed by atoms with Gasteiger partial charge in [0.2, 0.25) is 0 Å². The van der Waals surface area contributed by atoms with E-state index >= 15 is 0 Å². The van der Waals surface area contributed by atoms with Crippen LogP contribution in [-0.4, -0.2) is 11.7 Å². The number of fused-ring (bicyclic) bond motifs is 1. The molecular formula is C15H20O2. The number of hydrogen-bond donors (Lipinski definition) is 1. The Labute approximate surface area is 103 Å². The highest BCUT2D eigenvalue weighted by Gasteiger charge is 2.55. The fourth-order valence-electron chi connectivity index (χ4n) is 3.52. The van der Waals surface area contributed by atoms with Gasteiger partial charge in [0.05, 0.1) is 12.7 Å². The fourth-order valence-corrected chi connectivity index (χ4v) is 3.52. The van der Waals surface area contributed by atoms with Gasteiger partial charge in [-0.05, 0) is 55.2 Å². The van der Waals surface area contributed by atoms with Crippen LogP contribution in [0.1, 0.15) is 37.9 Å². The van der Waals surface area contributed by atoms with E-state index in [2.05, 4.69) is 0 Å². The van der Waals surface area contributed by atoms with E-state index in [1.807, 2.05) is 31.2 Å². The smallest absolute Gasteiger partial charge is 0.119 e. The molecule has 2 heteroatoms. The second kappa shape index (κ2) is 4.34. The predicted octanol–water partition coefficient (Wildman–Crippen LogP) is 3.16. The fraction of sp³-hybridized carbons (Fsp3) is 0.600. The van der Waals surface area contributed by atoms with Gasteiger partial charge in [0.1, 0.15) is 5.75 Å². The standard InChI is InChI=1S/C15H20O2/c1-2-17-11-6-3-5-10(9-11)15(16)14-12-7-4-8-13(12)14/h3,5-6,9,12-16H,2,4,7-8H2,1H3. The van der Waals surface area contributed by atoms with Crippen LogP contribution < -0.4 is 4.74 Å². The summed E-state index contributed by atoms with van der Waals surface area (Å²) in [5.41, 5.74) is 1.02. The summed E-state index contributed by atoms with van der Waals surface area (Å²) in [5.74, 6) is 2.97. The van der Waals surface area contributed by atoms with Crippen molar-refractivity contribution in [2.75, 3.05) is 6.61 Å². The summed E-state index contributed by atoms with van der Waals surface area (Å²) in [5, 5.41) is 10.4. The van der Waals surface area contributed by atoms with Crippen molar-refractivity contribution in [1.29, 1.82) is 0 Å². The Morgan fingerprint density at radius 1 is 1.35 bits per heavy atom. The van der Waals surface area contributed by atoms with Gasteiger partial charge in [-0.2, -0.15) is 0 Å². The van der Waals surface area contributed by atoms with E-state index in [4.69, 9.17) is 4.74 Å². The molecule has 0 aromatic heterocycles. The molecule has 3 unspecified atom stereocenters. The highest BCUT2D eigenvalue weighted by molar-refractivity contribution is 5.31. The van der Waals surface area contributed by atoms with E-state index in [0.717, 1.165) is 23.1 Å². The van der Waals surface area contributed by atoms with Gasteiger partial charge >= 0.3 is 0 Å². The van der Waals surface area contributed by atoms with Crippen LogP contribution in [0, 0.1) is 17.8 Å². The predicted molar refractivity (Wildman–Crippen MR) is 66.9 cm³/mol. The lowest BCUT2D eigenvalue weighted by Gasteiger charge is -2.14. The first kappa shape index (κ1) is 11.1.